The fourth-order valence-electron chi connectivity index (χ4n) is 4.77. The van der Waals surface area contributed by atoms with Crippen LogP contribution in [0.3, 0.4) is 0 Å². The maximum Gasteiger partial charge on any atom is 0.332 e. The SMILES string of the molecule is CC(C)(C)OC(=O)COCCOCCOCCOCCOCCOCCOCCNc1cccc2c1C(=O)N(C1CCC(=O)NC1=O)C2=O. The summed E-state index contributed by atoms with van der Waals surface area (Å²) in [4.78, 5) is 62.3. The van der Waals surface area contributed by atoms with Gasteiger partial charge in [-0.1, -0.05) is 6.07 Å². The van der Waals surface area contributed by atoms with Crippen molar-refractivity contribution in [3.63, 3.8) is 0 Å². The van der Waals surface area contributed by atoms with Crippen LogP contribution in [0.2, 0.25) is 0 Å². The molecule has 1 fully saturated rings. The number of rotatable bonds is 25. The molecule has 0 radical (unpaired) electrons. The lowest BCUT2D eigenvalue weighted by Gasteiger charge is -2.27. The highest BCUT2D eigenvalue weighted by Crippen LogP contribution is 2.32. The van der Waals surface area contributed by atoms with E-state index in [1.807, 2.05) is 0 Å². The summed E-state index contributed by atoms with van der Waals surface area (Å²) >= 11 is 0. The summed E-state index contributed by atoms with van der Waals surface area (Å²) in [7, 11) is 0. The number of carbonyl (C=O) groups excluding carboxylic acids is 5. The summed E-state index contributed by atoms with van der Waals surface area (Å²) < 4.78 is 43.2. The molecule has 2 aliphatic heterocycles. The van der Waals surface area contributed by atoms with E-state index in [-0.39, 0.29) is 30.6 Å². The van der Waals surface area contributed by atoms with Gasteiger partial charge in [-0.3, -0.25) is 29.4 Å². The molecule has 0 aromatic heterocycles. The lowest BCUT2D eigenvalue weighted by atomic mass is 10.0. The lowest BCUT2D eigenvalue weighted by molar-refractivity contribution is -0.160. The van der Waals surface area contributed by atoms with Gasteiger partial charge in [-0.05, 0) is 39.3 Å². The van der Waals surface area contributed by atoms with Gasteiger partial charge < -0.3 is 43.2 Å². The second kappa shape index (κ2) is 21.5. The quantitative estimate of drug-likeness (QED) is 0.0837. The minimum Gasteiger partial charge on any atom is -0.458 e. The van der Waals surface area contributed by atoms with E-state index in [1.54, 1.807) is 39.0 Å². The lowest BCUT2D eigenvalue weighted by Crippen LogP contribution is -2.54. The van der Waals surface area contributed by atoms with E-state index in [1.165, 1.54) is 0 Å². The highest BCUT2D eigenvalue weighted by Gasteiger charge is 2.45. The first-order valence-corrected chi connectivity index (χ1v) is 16.4. The van der Waals surface area contributed by atoms with Crippen molar-refractivity contribution in [3.05, 3.63) is 29.3 Å². The van der Waals surface area contributed by atoms with E-state index in [4.69, 9.17) is 37.9 Å². The number of amides is 4. The van der Waals surface area contributed by atoms with Crippen LogP contribution in [0.4, 0.5) is 5.69 Å². The zero-order valence-corrected chi connectivity index (χ0v) is 28.6. The van der Waals surface area contributed by atoms with Crippen LogP contribution in [0.15, 0.2) is 18.2 Å². The Morgan fingerprint density at radius 3 is 1.78 bits per heavy atom. The Hall–Kier alpha value is -3.51. The topological polar surface area (TPSA) is 186 Å². The average Bonchev–Trinajstić information content (AvgIpc) is 3.30. The van der Waals surface area contributed by atoms with Gasteiger partial charge in [0.25, 0.3) is 11.8 Å². The molecule has 1 atom stereocenters. The molecule has 0 spiro atoms. The first kappa shape index (κ1) is 39.9. The summed E-state index contributed by atoms with van der Waals surface area (Å²) in [6.45, 7) is 10.8. The first-order chi connectivity index (χ1) is 23.6. The van der Waals surface area contributed by atoms with Crippen LogP contribution in [-0.2, 0) is 52.3 Å². The van der Waals surface area contributed by atoms with Gasteiger partial charge >= 0.3 is 5.97 Å². The molecule has 2 heterocycles. The van der Waals surface area contributed by atoms with Crippen molar-refractivity contribution in [2.75, 3.05) is 104 Å². The van der Waals surface area contributed by atoms with E-state index in [2.05, 4.69) is 10.6 Å². The molecule has 16 nitrogen and oxygen atoms in total. The summed E-state index contributed by atoms with van der Waals surface area (Å²) in [5.74, 6) is -2.58. The van der Waals surface area contributed by atoms with Crippen molar-refractivity contribution in [1.82, 2.24) is 10.2 Å². The molecule has 1 aromatic rings. The number of hydrogen-bond donors (Lipinski definition) is 2. The number of esters is 1. The third-order valence-corrected chi connectivity index (χ3v) is 6.90. The van der Waals surface area contributed by atoms with E-state index in [0.717, 1.165) is 4.90 Å². The number of benzene rings is 1. The number of carbonyl (C=O) groups is 5. The van der Waals surface area contributed by atoms with Crippen LogP contribution in [-0.4, -0.2) is 145 Å². The number of ether oxygens (including phenoxy) is 8. The second-order valence-corrected chi connectivity index (χ2v) is 11.9. The second-order valence-electron chi connectivity index (χ2n) is 11.9. The Balaban J connectivity index is 1.09. The van der Waals surface area contributed by atoms with Crippen molar-refractivity contribution in [3.8, 4) is 0 Å². The van der Waals surface area contributed by atoms with Crippen molar-refractivity contribution in [2.45, 2.75) is 45.3 Å². The Bertz CT molecular complexity index is 1240. The normalized spacial score (nSPS) is 16.2. The number of nitrogens with zero attached hydrogens (tertiary/aromatic N) is 1. The standard InChI is InChI=1S/C33H49N3O13/c1-33(2,3)49-28(38)23-48-22-21-47-20-19-46-18-17-45-16-15-44-14-13-43-12-11-42-10-9-34-25-6-4-5-24-29(25)32(41)36(31(24)40)26-7-8-27(37)35-30(26)39/h4-6,26,34H,7-23H2,1-3H3,(H,35,37,39). The predicted molar refractivity (Wildman–Crippen MR) is 173 cm³/mol. The minimum atomic E-state index is -1.01. The molecule has 0 aliphatic carbocycles. The highest BCUT2D eigenvalue weighted by molar-refractivity contribution is 6.25. The molecule has 1 unspecified atom stereocenters. The third-order valence-electron chi connectivity index (χ3n) is 6.90. The zero-order chi connectivity index (χ0) is 35.5. The van der Waals surface area contributed by atoms with Crippen LogP contribution in [0.1, 0.15) is 54.3 Å². The van der Waals surface area contributed by atoms with E-state index < -0.39 is 41.2 Å². The Kier molecular flexibility index (Phi) is 17.6. The molecule has 0 bridgehead atoms. The van der Waals surface area contributed by atoms with E-state index in [9.17, 15) is 24.0 Å². The van der Waals surface area contributed by atoms with Gasteiger partial charge in [0.05, 0.1) is 97.0 Å². The smallest absolute Gasteiger partial charge is 0.332 e. The fourth-order valence-corrected chi connectivity index (χ4v) is 4.77. The van der Waals surface area contributed by atoms with Crippen LogP contribution in [0, 0.1) is 0 Å². The van der Waals surface area contributed by atoms with Crippen LogP contribution in [0.25, 0.3) is 0 Å². The Labute approximate surface area is 286 Å². The van der Waals surface area contributed by atoms with Crippen LogP contribution < -0.4 is 10.6 Å². The number of anilines is 1. The minimum absolute atomic E-state index is 0.0636. The molecular formula is C33H49N3O13. The van der Waals surface area contributed by atoms with Crippen LogP contribution in [0.5, 0.6) is 0 Å². The molecule has 2 aliphatic rings. The first-order valence-electron chi connectivity index (χ1n) is 16.4. The zero-order valence-electron chi connectivity index (χ0n) is 28.6. The van der Waals surface area contributed by atoms with Gasteiger partial charge in [-0.15, -0.1) is 0 Å². The number of nitrogens with one attached hydrogen (secondary N) is 2. The summed E-state index contributed by atoms with van der Waals surface area (Å²) in [6, 6.07) is 3.89. The average molecular weight is 696 g/mol. The fraction of sp³-hybridized carbons (Fsp3) is 0.667. The monoisotopic (exact) mass is 695 g/mol. The van der Waals surface area contributed by atoms with Crippen molar-refractivity contribution >= 4 is 35.3 Å². The Morgan fingerprint density at radius 2 is 1.27 bits per heavy atom. The molecule has 4 amide bonds. The molecule has 3 rings (SSSR count). The molecule has 0 saturated carbocycles. The van der Waals surface area contributed by atoms with Crippen molar-refractivity contribution in [1.29, 1.82) is 0 Å². The molecular weight excluding hydrogens is 646 g/mol. The molecule has 2 N–H and O–H groups in total. The third kappa shape index (κ3) is 14.5. The summed E-state index contributed by atoms with van der Waals surface area (Å²) in [5.41, 5.74) is 0.367. The van der Waals surface area contributed by atoms with Crippen molar-refractivity contribution < 1.29 is 61.9 Å². The molecule has 1 aromatic carbocycles. The maximum absolute atomic E-state index is 13.1. The van der Waals surface area contributed by atoms with Crippen LogP contribution >= 0.6 is 0 Å². The number of piperidine rings is 1. The molecule has 16 heteroatoms. The van der Waals surface area contributed by atoms with E-state index >= 15 is 0 Å². The van der Waals surface area contributed by atoms with Gasteiger partial charge in [0.2, 0.25) is 11.8 Å². The van der Waals surface area contributed by atoms with Gasteiger partial charge in [-0.2, -0.15) is 0 Å². The van der Waals surface area contributed by atoms with Gasteiger partial charge in [0.15, 0.2) is 0 Å². The van der Waals surface area contributed by atoms with Gasteiger partial charge in [0.1, 0.15) is 18.2 Å². The highest BCUT2D eigenvalue weighted by atomic mass is 16.6. The summed E-state index contributed by atoms with van der Waals surface area (Å²) in [5, 5.41) is 5.32. The number of hydrogen-bond acceptors (Lipinski definition) is 14. The number of fused-ring (bicyclic) bond motifs is 1. The van der Waals surface area contributed by atoms with Gasteiger partial charge in [0, 0.05) is 18.7 Å². The van der Waals surface area contributed by atoms with E-state index in [0.29, 0.717) is 98.1 Å². The van der Waals surface area contributed by atoms with Gasteiger partial charge in [-0.25, -0.2) is 4.79 Å². The van der Waals surface area contributed by atoms with Crippen molar-refractivity contribution in [2.24, 2.45) is 0 Å². The maximum atomic E-state index is 13.1. The predicted octanol–water partition coefficient (Wildman–Crippen LogP) is 0.958. The largest absolute Gasteiger partial charge is 0.458 e. The number of imide groups is 2. The Morgan fingerprint density at radius 1 is 0.755 bits per heavy atom. The molecule has 274 valence electrons. The molecule has 1 saturated heterocycles. The summed E-state index contributed by atoms with van der Waals surface area (Å²) in [6.07, 6.45) is 0.165. The molecule has 49 heavy (non-hydrogen) atoms.